The molecule has 30 heavy (non-hydrogen) atoms. The minimum atomic E-state index is -0.456. The highest BCUT2D eigenvalue weighted by Crippen LogP contribution is 2.35. The zero-order chi connectivity index (χ0) is 21.5. The number of nitrogens with zero attached hydrogens (tertiary/aromatic N) is 1. The summed E-state index contributed by atoms with van der Waals surface area (Å²) in [6.07, 6.45) is 2.38. The lowest BCUT2D eigenvalue weighted by molar-refractivity contribution is 0.176. The normalized spacial score (nSPS) is 19.2. The fourth-order valence-electron chi connectivity index (χ4n) is 4.33. The van der Waals surface area contributed by atoms with E-state index in [0.29, 0.717) is 17.9 Å². The zero-order valence-corrected chi connectivity index (χ0v) is 18.3. The standard InChI is InChI=1S/C23H27N3O3S/c1-14(8-15-6-7-30-12-15)25-20-19(21(28)22(20)29)24-13-23(26(2)3)10-16-4-5-18(27)9-17(16)11-23/h4-7,9,12,14,24-25,27H,8,10-11,13H2,1-3H3/t14-,23?/m0/s1. The molecular weight excluding hydrogens is 398 g/mol. The first-order valence-electron chi connectivity index (χ1n) is 10.1. The van der Waals surface area contributed by atoms with E-state index in [2.05, 4.69) is 27.0 Å². The van der Waals surface area contributed by atoms with E-state index in [1.165, 1.54) is 11.1 Å². The van der Waals surface area contributed by atoms with Crippen molar-refractivity contribution in [1.29, 1.82) is 0 Å². The third kappa shape index (κ3) is 3.75. The van der Waals surface area contributed by atoms with Gasteiger partial charge in [-0.1, -0.05) is 6.07 Å². The number of phenolic OH excluding ortho intramolecular Hbond substituents is 1. The summed E-state index contributed by atoms with van der Waals surface area (Å²) in [5.74, 6) is 0.268. The summed E-state index contributed by atoms with van der Waals surface area (Å²) in [5.41, 5.74) is 3.19. The van der Waals surface area contributed by atoms with Crippen molar-refractivity contribution in [3.63, 3.8) is 0 Å². The minimum Gasteiger partial charge on any atom is -0.508 e. The summed E-state index contributed by atoms with van der Waals surface area (Å²) in [5, 5.41) is 20.4. The number of nitrogens with one attached hydrogen (secondary N) is 2. The molecule has 0 fully saturated rings. The van der Waals surface area contributed by atoms with Crippen LogP contribution in [-0.2, 0) is 19.3 Å². The Morgan fingerprint density at radius 3 is 2.57 bits per heavy atom. The second-order valence-corrected chi connectivity index (χ2v) is 9.35. The predicted molar refractivity (Wildman–Crippen MR) is 123 cm³/mol. The Morgan fingerprint density at radius 2 is 1.87 bits per heavy atom. The molecule has 0 saturated carbocycles. The summed E-state index contributed by atoms with van der Waals surface area (Å²) in [7, 11) is 4.05. The summed E-state index contributed by atoms with van der Waals surface area (Å²) in [4.78, 5) is 26.6. The molecule has 1 aliphatic carbocycles. The van der Waals surface area contributed by atoms with Crippen molar-refractivity contribution in [2.75, 3.05) is 31.3 Å². The zero-order valence-electron chi connectivity index (χ0n) is 17.5. The first kappa shape index (κ1) is 20.6. The van der Waals surface area contributed by atoms with Gasteiger partial charge in [-0.15, -0.1) is 0 Å². The van der Waals surface area contributed by atoms with Crippen molar-refractivity contribution < 1.29 is 5.11 Å². The van der Waals surface area contributed by atoms with E-state index in [-0.39, 0.29) is 17.3 Å². The van der Waals surface area contributed by atoms with Crippen LogP contribution in [0.2, 0.25) is 0 Å². The maximum absolute atomic E-state index is 12.3. The molecular formula is C23H27N3O3S. The highest BCUT2D eigenvalue weighted by Gasteiger charge is 2.40. The number of hydrogen-bond acceptors (Lipinski definition) is 7. The monoisotopic (exact) mass is 425 g/mol. The van der Waals surface area contributed by atoms with Crippen LogP contribution >= 0.6 is 11.3 Å². The van der Waals surface area contributed by atoms with E-state index in [1.54, 1.807) is 17.4 Å². The number of benzene rings is 1. The van der Waals surface area contributed by atoms with Crippen molar-refractivity contribution >= 4 is 22.7 Å². The molecule has 0 spiro atoms. The number of fused-ring (bicyclic) bond motifs is 1. The van der Waals surface area contributed by atoms with E-state index in [0.717, 1.165) is 24.8 Å². The van der Waals surface area contributed by atoms with Crippen LogP contribution in [0.3, 0.4) is 0 Å². The molecule has 158 valence electrons. The molecule has 3 aromatic rings. The van der Waals surface area contributed by atoms with Crippen molar-refractivity contribution in [2.45, 2.75) is 37.8 Å². The van der Waals surface area contributed by atoms with E-state index >= 15 is 0 Å². The van der Waals surface area contributed by atoms with E-state index in [1.807, 2.05) is 38.5 Å². The van der Waals surface area contributed by atoms with Crippen LogP contribution in [0.1, 0.15) is 23.6 Å². The summed E-state index contributed by atoms with van der Waals surface area (Å²) in [6.45, 7) is 2.55. The van der Waals surface area contributed by atoms with Gasteiger partial charge in [0.1, 0.15) is 17.1 Å². The summed E-state index contributed by atoms with van der Waals surface area (Å²) in [6, 6.07) is 7.61. The number of anilines is 2. The molecule has 2 atom stereocenters. The van der Waals surface area contributed by atoms with Crippen LogP contribution < -0.4 is 21.5 Å². The van der Waals surface area contributed by atoms with Crippen molar-refractivity contribution in [3.8, 4) is 5.75 Å². The molecule has 1 unspecified atom stereocenters. The summed E-state index contributed by atoms with van der Waals surface area (Å²) < 4.78 is 0. The quantitative estimate of drug-likeness (QED) is 0.482. The number of aromatic hydroxyl groups is 1. The Kier molecular flexibility index (Phi) is 5.42. The summed E-state index contributed by atoms with van der Waals surface area (Å²) >= 11 is 1.65. The Bertz CT molecular complexity index is 1120. The molecule has 7 heteroatoms. The van der Waals surface area contributed by atoms with Gasteiger partial charge in [0.25, 0.3) is 10.9 Å². The second-order valence-electron chi connectivity index (χ2n) is 8.57. The highest BCUT2D eigenvalue weighted by atomic mass is 32.1. The van der Waals surface area contributed by atoms with E-state index in [9.17, 15) is 14.7 Å². The van der Waals surface area contributed by atoms with Crippen LogP contribution in [-0.4, -0.2) is 42.2 Å². The third-order valence-corrected chi connectivity index (χ3v) is 6.93. The molecule has 2 aromatic carbocycles. The molecule has 0 saturated heterocycles. The minimum absolute atomic E-state index is 0.0463. The van der Waals surface area contributed by atoms with Gasteiger partial charge in [-0.05, 0) is 85.9 Å². The Hall–Kier alpha value is -2.64. The molecule has 0 aliphatic heterocycles. The van der Waals surface area contributed by atoms with Crippen molar-refractivity contribution in [2.24, 2.45) is 0 Å². The van der Waals surface area contributed by atoms with Crippen LogP contribution in [0.15, 0.2) is 44.6 Å². The molecule has 0 amide bonds. The molecule has 1 aromatic heterocycles. The van der Waals surface area contributed by atoms with Gasteiger partial charge >= 0.3 is 0 Å². The fourth-order valence-corrected chi connectivity index (χ4v) is 5.01. The first-order chi connectivity index (χ1) is 14.3. The predicted octanol–water partition coefficient (Wildman–Crippen LogP) is 2.60. The third-order valence-electron chi connectivity index (χ3n) is 6.19. The number of likely N-dealkylation sites (N-methyl/N-ethyl adjacent to an activating group) is 1. The topological polar surface area (TPSA) is 81.7 Å². The number of hydrogen-bond donors (Lipinski definition) is 3. The average molecular weight is 426 g/mol. The lowest BCUT2D eigenvalue weighted by Gasteiger charge is -2.37. The average Bonchev–Trinajstić information content (AvgIpc) is 3.34. The van der Waals surface area contributed by atoms with Gasteiger partial charge in [0.05, 0.1) is 0 Å². The lowest BCUT2D eigenvalue weighted by Crippen LogP contribution is -2.52. The van der Waals surface area contributed by atoms with E-state index < -0.39 is 10.9 Å². The first-order valence-corrected chi connectivity index (χ1v) is 11.1. The van der Waals surface area contributed by atoms with E-state index in [4.69, 9.17) is 0 Å². The van der Waals surface area contributed by atoms with Gasteiger partial charge < -0.3 is 20.6 Å². The van der Waals surface area contributed by atoms with Crippen LogP contribution in [0, 0.1) is 0 Å². The van der Waals surface area contributed by atoms with Gasteiger partial charge in [0.2, 0.25) is 0 Å². The maximum atomic E-state index is 12.3. The molecule has 3 N–H and O–H groups in total. The molecule has 1 aliphatic rings. The van der Waals surface area contributed by atoms with Crippen LogP contribution in [0.25, 0.3) is 0 Å². The number of rotatable bonds is 8. The van der Waals surface area contributed by atoms with Crippen molar-refractivity contribution in [1.82, 2.24) is 4.90 Å². The van der Waals surface area contributed by atoms with Gasteiger partial charge in [0, 0.05) is 18.1 Å². The molecule has 1 heterocycles. The molecule has 0 bridgehead atoms. The van der Waals surface area contributed by atoms with Gasteiger partial charge in [-0.3, -0.25) is 9.59 Å². The highest BCUT2D eigenvalue weighted by molar-refractivity contribution is 7.07. The Labute approximate surface area is 179 Å². The molecule has 6 nitrogen and oxygen atoms in total. The second kappa shape index (κ2) is 7.89. The Morgan fingerprint density at radius 1 is 1.13 bits per heavy atom. The van der Waals surface area contributed by atoms with Crippen LogP contribution in [0.4, 0.5) is 11.4 Å². The maximum Gasteiger partial charge on any atom is 0.253 e. The molecule has 4 rings (SSSR count). The SMILES string of the molecule is C[C@@H](Cc1ccsc1)Nc1c(NCC2(N(C)C)Cc3ccc(O)cc3C2)c(=O)c1=O. The fraction of sp³-hybridized carbons (Fsp3) is 0.391. The number of phenols is 1. The number of thiophene rings is 1. The van der Waals surface area contributed by atoms with Crippen molar-refractivity contribution in [3.05, 3.63) is 72.2 Å². The largest absolute Gasteiger partial charge is 0.508 e. The lowest BCUT2D eigenvalue weighted by atomic mass is 9.93. The van der Waals surface area contributed by atoms with Gasteiger partial charge in [0.15, 0.2) is 0 Å². The Balaban J connectivity index is 1.47. The molecule has 0 radical (unpaired) electrons. The smallest absolute Gasteiger partial charge is 0.253 e. The van der Waals surface area contributed by atoms with Crippen LogP contribution in [0.5, 0.6) is 5.75 Å². The van der Waals surface area contributed by atoms with Gasteiger partial charge in [-0.25, -0.2) is 0 Å². The van der Waals surface area contributed by atoms with Gasteiger partial charge in [-0.2, -0.15) is 11.3 Å².